The van der Waals surface area contributed by atoms with Gasteiger partial charge < -0.3 is 0 Å². The molecule has 0 aliphatic heterocycles. The number of fused-ring (bicyclic) bond motifs is 1. The molecule has 2 aromatic rings. The molecule has 2 rings (SSSR count). The van der Waals surface area contributed by atoms with Crippen molar-refractivity contribution in [2.45, 2.75) is 12.2 Å². The van der Waals surface area contributed by atoms with E-state index in [-0.39, 0.29) is 20.6 Å². The number of carboxylic acids is 1. The molecule has 1 heterocycles. The molecule has 1 unspecified atom stereocenters. The molecule has 0 fully saturated rings. The first-order valence-corrected chi connectivity index (χ1v) is 7.95. The molecule has 0 bridgehead atoms. The summed E-state index contributed by atoms with van der Waals surface area (Å²) < 4.78 is 34.0. The van der Waals surface area contributed by atoms with Crippen LogP contribution in [0.3, 0.4) is 0 Å². The van der Waals surface area contributed by atoms with E-state index in [1.807, 2.05) is 0 Å². The average Bonchev–Trinajstić information content (AvgIpc) is 2.76. The Balaban J connectivity index is 2.40. The fourth-order valence-corrected chi connectivity index (χ4v) is 3.33. The number of nitrogens with zero attached hydrogens (tertiary/aromatic N) is 2. The van der Waals surface area contributed by atoms with Gasteiger partial charge in [0.1, 0.15) is 0 Å². The summed E-state index contributed by atoms with van der Waals surface area (Å²) in [5, 5.41) is 7.20. The van der Waals surface area contributed by atoms with Crippen LogP contribution in [0.15, 0.2) is 18.2 Å². The molecule has 96 valence electrons. The first-order chi connectivity index (χ1) is 8.42. The van der Waals surface area contributed by atoms with Gasteiger partial charge in [-0.2, -0.15) is 0 Å². The molecule has 2 N–H and O–H groups in total. The van der Waals surface area contributed by atoms with Gasteiger partial charge in [0.05, 0.1) is 0 Å². The van der Waals surface area contributed by atoms with Gasteiger partial charge in [0.2, 0.25) is 0 Å². The molecule has 1 atom stereocenters. The Kier molecular flexibility index (Phi) is 3.38. The zero-order valence-electron chi connectivity index (χ0n) is 9.19. The molecule has 0 radical (unpaired) electrons. The Bertz CT molecular complexity index is 697. The van der Waals surface area contributed by atoms with Crippen LogP contribution in [0, 0.1) is 0 Å². The number of nitrogens with one attached hydrogen (secondary N) is 1. The van der Waals surface area contributed by atoms with Crippen LogP contribution in [-0.4, -0.2) is 47.7 Å². The fraction of sp³-hybridized carbons (Fsp3) is 0.222. The topological polar surface area (TPSA) is 109 Å². The number of sulfonamides is 1. The Morgan fingerprint density at radius 2 is 2.17 bits per heavy atom. The number of anilines is 1. The predicted octanol–water partition coefficient (Wildman–Crippen LogP) is -0.0984. The van der Waals surface area contributed by atoms with E-state index >= 15 is 0 Å². The van der Waals surface area contributed by atoms with Crippen molar-refractivity contribution in [2.75, 3.05) is 4.72 Å². The number of hydrogen-bond acceptors (Lipinski definition) is 5. The number of benzene rings is 1. The van der Waals surface area contributed by atoms with Crippen molar-refractivity contribution in [2.24, 2.45) is 0 Å². The molecule has 0 aliphatic rings. The Morgan fingerprint density at radius 1 is 1.44 bits per heavy atom. The van der Waals surface area contributed by atoms with Crippen molar-refractivity contribution >= 4 is 47.7 Å². The molecule has 1 aromatic carbocycles. The minimum atomic E-state index is -3.98. The van der Waals surface area contributed by atoms with Crippen LogP contribution in [0.5, 0.6) is 0 Å². The molecule has 0 amide bonds. The molecule has 0 aliphatic carbocycles. The number of aromatic nitrogens is 2. The number of aliphatic carboxylic acids is 1. The normalized spacial score (nSPS) is 13.4. The van der Waals surface area contributed by atoms with Crippen LogP contribution in [0.2, 0.25) is 0 Å². The number of rotatable bonds is 4. The number of hydrogen-bond donors (Lipinski definition) is 2. The van der Waals surface area contributed by atoms with Gasteiger partial charge in [0, 0.05) is 0 Å². The monoisotopic (exact) mass is 335 g/mol. The van der Waals surface area contributed by atoms with Gasteiger partial charge in [-0.1, -0.05) is 0 Å². The SMILES string of the molecule is CC(C(=O)O)S(=O)(=O)Nc1cccc2n[se]nc12. The first kappa shape index (κ1) is 13.0. The first-order valence-electron chi connectivity index (χ1n) is 4.87. The van der Waals surface area contributed by atoms with Crippen molar-refractivity contribution in [3.8, 4) is 0 Å². The van der Waals surface area contributed by atoms with Gasteiger partial charge >= 0.3 is 109 Å². The van der Waals surface area contributed by atoms with E-state index in [0.717, 1.165) is 6.92 Å². The molecule has 0 saturated carbocycles. The number of carboxylic acid groups (broad SMARTS) is 1. The van der Waals surface area contributed by atoms with E-state index in [9.17, 15) is 13.2 Å². The van der Waals surface area contributed by atoms with Crippen LogP contribution in [0.4, 0.5) is 5.69 Å². The Labute approximate surface area is 109 Å². The van der Waals surface area contributed by atoms with Gasteiger partial charge in [0.25, 0.3) is 0 Å². The second-order valence-corrected chi connectivity index (χ2v) is 6.68. The second-order valence-electron chi connectivity index (χ2n) is 3.57. The molecule has 0 spiro atoms. The number of carbonyl (C=O) groups is 1. The third-order valence-corrected chi connectivity index (χ3v) is 5.13. The Morgan fingerprint density at radius 3 is 2.83 bits per heavy atom. The van der Waals surface area contributed by atoms with E-state index in [4.69, 9.17) is 5.11 Å². The van der Waals surface area contributed by atoms with E-state index < -0.39 is 21.2 Å². The maximum absolute atomic E-state index is 11.8. The quantitative estimate of drug-likeness (QED) is 0.756. The maximum atomic E-state index is 11.8. The average molecular weight is 334 g/mol. The summed E-state index contributed by atoms with van der Waals surface area (Å²) in [6, 6.07) is 4.90. The zero-order chi connectivity index (χ0) is 13.3. The summed E-state index contributed by atoms with van der Waals surface area (Å²) in [5.41, 5.74) is 1.36. The molecule has 9 heteroatoms. The van der Waals surface area contributed by atoms with Crippen LogP contribution in [0.1, 0.15) is 6.92 Å². The van der Waals surface area contributed by atoms with E-state index in [2.05, 4.69) is 12.7 Å². The minimum absolute atomic E-state index is 0.267. The molecular weight excluding hydrogens is 325 g/mol. The third kappa shape index (κ3) is 2.38. The van der Waals surface area contributed by atoms with Crippen molar-refractivity contribution in [3.05, 3.63) is 18.2 Å². The molecular formula is C9H9N3O4SSe. The van der Waals surface area contributed by atoms with E-state index in [1.165, 1.54) is 6.07 Å². The van der Waals surface area contributed by atoms with Crippen LogP contribution in [0.25, 0.3) is 11.0 Å². The molecule has 18 heavy (non-hydrogen) atoms. The third-order valence-electron chi connectivity index (χ3n) is 2.35. The van der Waals surface area contributed by atoms with Gasteiger partial charge in [-0.05, 0) is 0 Å². The van der Waals surface area contributed by atoms with Crippen molar-refractivity contribution < 1.29 is 18.3 Å². The Hall–Kier alpha value is -1.44. The second kappa shape index (κ2) is 4.68. The van der Waals surface area contributed by atoms with Crippen molar-refractivity contribution in [1.82, 2.24) is 7.96 Å². The summed E-state index contributed by atoms with van der Waals surface area (Å²) in [5.74, 6) is -1.40. The summed E-state index contributed by atoms with van der Waals surface area (Å²) in [6.45, 7) is 1.11. The van der Waals surface area contributed by atoms with Crippen molar-refractivity contribution in [1.29, 1.82) is 0 Å². The van der Waals surface area contributed by atoms with Crippen molar-refractivity contribution in [3.63, 3.8) is 0 Å². The standard InChI is InChI=1S/C9H9N3O4SSe/c1-5(9(13)14)17(15,16)10-6-3-2-4-7-8(6)12-18-11-7/h2-5,10H,1H3,(H,13,14). The van der Waals surface area contributed by atoms with Gasteiger partial charge in [-0.3, -0.25) is 0 Å². The summed E-state index contributed by atoms with van der Waals surface area (Å²) in [4.78, 5) is 10.7. The molecule has 1 aromatic heterocycles. The summed E-state index contributed by atoms with van der Waals surface area (Å²) in [6.07, 6.45) is 0. The van der Waals surface area contributed by atoms with Gasteiger partial charge in [-0.15, -0.1) is 0 Å². The van der Waals surface area contributed by atoms with Gasteiger partial charge in [-0.25, -0.2) is 0 Å². The van der Waals surface area contributed by atoms with Crippen LogP contribution < -0.4 is 4.72 Å². The van der Waals surface area contributed by atoms with E-state index in [1.54, 1.807) is 12.1 Å². The fourth-order valence-electron chi connectivity index (χ4n) is 1.26. The van der Waals surface area contributed by atoms with Crippen LogP contribution in [-0.2, 0) is 14.8 Å². The van der Waals surface area contributed by atoms with E-state index in [0.29, 0.717) is 11.0 Å². The summed E-state index contributed by atoms with van der Waals surface area (Å²) in [7, 11) is -3.98. The molecule has 0 saturated heterocycles. The van der Waals surface area contributed by atoms with Gasteiger partial charge in [0.15, 0.2) is 0 Å². The summed E-state index contributed by atoms with van der Waals surface area (Å²) >= 11 is -0.276. The van der Waals surface area contributed by atoms with Crippen LogP contribution >= 0.6 is 0 Å². The molecule has 7 nitrogen and oxygen atoms in total. The zero-order valence-corrected chi connectivity index (χ0v) is 11.7. The predicted molar refractivity (Wildman–Crippen MR) is 66.1 cm³/mol.